The molecule has 0 bridgehead atoms. The second kappa shape index (κ2) is 6.72. The lowest BCUT2D eigenvalue weighted by Crippen LogP contribution is -2.09. The molecule has 4 nitrogen and oxygen atoms in total. The molecule has 1 aromatic carbocycles. The van der Waals surface area contributed by atoms with Gasteiger partial charge in [0.05, 0.1) is 12.3 Å². The molecule has 0 unspecified atom stereocenters. The van der Waals surface area contributed by atoms with Crippen molar-refractivity contribution in [3.63, 3.8) is 0 Å². The molecule has 0 saturated carbocycles. The highest BCUT2D eigenvalue weighted by Gasteiger charge is 2.18. The number of nitrogens with zero attached hydrogens (tertiary/aromatic N) is 3. The fraction of sp³-hybridized carbons (Fsp3) is 0.222. The topological polar surface area (TPSA) is 33.7 Å². The normalized spacial score (nSPS) is 11.0. The molecule has 0 saturated heterocycles. The maximum absolute atomic E-state index is 7.68. The van der Waals surface area contributed by atoms with Crippen LogP contribution in [0.4, 0.5) is 11.4 Å². The fourth-order valence-electron chi connectivity index (χ4n) is 2.54. The third-order valence-electron chi connectivity index (χ3n) is 3.67. The van der Waals surface area contributed by atoms with Crippen LogP contribution >= 0.6 is 23.2 Å². The van der Waals surface area contributed by atoms with Crippen molar-refractivity contribution in [2.24, 2.45) is 5.92 Å². The van der Waals surface area contributed by atoms with E-state index in [-0.39, 0.29) is 0 Å². The van der Waals surface area contributed by atoms with Crippen LogP contribution in [-0.4, -0.2) is 15.9 Å². The van der Waals surface area contributed by atoms with Gasteiger partial charge >= 0.3 is 0 Å². The van der Waals surface area contributed by atoms with Crippen molar-refractivity contribution in [1.82, 2.24) is 9.38 Å². The van der Waals surface area contributed by atoms with E-state index in [4.69, 9.17) is 29.8 Å². The molecule has 0 fully saturated rings. The summed E-state index contributed by atoms with van der Waals surface area (Å²) < 4.78 is 1.90. The van der Waals surface area contributed by atoms with Crippen LogP contribution in [0.2, 0.25) is 10.0 Å². The Morgan fingerprint density at radius 3 is 2.75 bits per heavy atom. The minimum Gasteiger partial charge on any atom is -0.390 e. The van der Waals surface area contributed by atoms with E-state index in [2.05, 4.69) is 29.0 Å². The van der Waals surface area contributed by atoms with Crippen LogP contribution in [0.15, 0.2) is 36.8 Å². The molecule has 0 atom stereocenters. The van der Waals surface area contributed by atoms with Crippen molar-refractivity contribution in [2.75, 3.05) is 11.9 Å². The molecule has 24 heavy (non-hydrogen) atoms. The maximum Gasteiger partial charge on any atom is 0.222 e. The number of nitrogens with one attached hydrogen (secondary N) is 1. The minimum absolute atomic E-state index is 0.446. The van der Waals surface area contributed by atoms with E-state index in [9.17, 15) is 0 Å². The summed E-state index contributed by atoms with van der Waals surface area (Å²) in [6, 6.07) is 5.30. The predicted octanol–water partition coefficient (Wildman–Crippen LogP) is 5.93. The Morgan fingerprint density at radius 1 is 1.29 bits per heavy atom. The van der Waals surface area contributed by atoms with Gasteiger partial charge < -0.3 is 9.72 Å². The van der Waals surface area contributed by atoms with Gasteiger partial charge in [-0.25, -0.2) is 9.83 Å². The van der Waals surface area contributed by atoms with E-state index < -0.39 is 0 Å². The molecule has 0 amide bonds. The monoisotopic (exact) mass is 358 g/mol. The van der Waals surface area contributed by atoms with E-state index in [1.54, 1.807) is 18.3 Å². The van der Waals surface area contributed by atoms with E-state index in [1.807, 2.05) is 22.9 Å². The third-order valence-corrected chi connectivity index (χ3v) is 4.22. The first-order chi connectivity index (χ1) is 11.5. The number of fused-ring (bicyclic) bond motifs is 1. The number of imidazole rings is 1. The summed E-state index contributed by atoms with van der Waals surface area (Å²) in [4.78, 5) is 8.14. The standard InChI is InChI=1S/C18H16Cl2N4/c1-11(2)9-23-17-16(21-3)14(10-24-7-6-22-18(17)24)13-5-4-12(19)8-15(13)20/h4-8,10-11,23H,9H2,1-2H3. The van der Waals surface area contributed by atoms with Crippen LogP contribution in [0.1, 0.15) is 13.8 Å². The number of aromatic nitrogens is 2. The van der Waals surface area contributed by atoms with Gasteiger partial charge in [-0.05, 0) is 23.6 Å². The van der Waals surface area contributed by atoms with E-state index >= 15 is 0 Å². The van der Waals surface area contributed by atoms with Gasteiger partial charge in [0, 0.05) is 40.7 Å². The number of pyridine rings is 1. The number of hydrogen-bond donors (Lipinski definition) is 1. The molecule has 0 radical (unpaired) electrons. The molecular weight excluding hydrogens is 343 g/mol. The van der Waals surface area contributed by atoms with Crippen LogP contribution in [0.3, 0.4) is 0 Å². The lowest BCUT2D eigenvalue weighted by Gasteiger charge is -2.16. The van der Waals surface area contributed by atoms with Crippen LogP contribution < -0.4 is 5.32 Å². The molecule has 2 aromatic heterocycles. The highest BCUT2D eigenvalue weighted by molar-refractivity contribution is 6.36. The third kappa shape index (κ3) is 3.06. The number of anilines is 1. The average molecular weight is 359 g/mol. The van der Waals surface area contributed by atoms with Crippen LogP contribution in [0, 0.1) is 12.5 Å². The molecule has 0 aliphatic heterocycles. The van der Waals surface area contributed by atoms with E-state index in [0.717, 1.165) is 29.0 Å². The molecule has 1 N–H and O–H groups in total. The SMILES string of the molecule is [C-]#[N+]c1c(-c2ccc(Cl)cc2Cl)cn2ccnc2c1NCC(C)C. The van der Waals surface area contributed by atoms with E-state index in [1.165, 1.54) is 0 Å². The summed E-state index contributed by atoms with van der Waals surface area (Å²) in [5.74, 6) is 0.446. The number of rotatable bonds is 4. The van der Waals surface area contributed by atoms with E-state index in [0.29, 0.717) is 21.7 Å². The molecule has 6 heteroatoms. The van der Waals surface area contributed by atoms with Crippen LogP contribution in [0.5, 0.6) is 0 Å². The molecule has 2 heterocycles. The lowest BCUT2D eigenvalue weighted by atomic mass is 10.0. The van der Waals surface area contributed by atoms with Gasteiger partial charge in [-0.1, -0.05) is 43.1 Å². The Morgan fingerprint density at radius 2 is 2.08 bits per heavy atom. The van der Waals surface area contributed by atoms with Gasteiger partial charge in [0.2, 0.25) is 5.69 Å². The van der Waals surface area contributed by atoms with Crippen molar-refractivity contribution in [3.05, 3.63) is 58.3 Å². The summed E-state index contributed by atoms with van der Waals surface area (Å²) >= 11 is 12.4. The summed E-state index contributed by atoms with van der Waals surface area (Å²) in [6.45, 7) is 12.7. The molecule has 0 aliphatic rings. The second-order valence-corrected chi connectivity index (χ2v) is 6.78. The van der Waals surface area contributed by atoms with Gasteiger partial charge in [-0.15, -0.1) is 0 Å². The summed E-state index contributed by atoms with van der Waals surface area (Å²) in [5, 5.41) is 4.45. The van der Waals surface area contributed by atoms with Gasteiger partial charge in [0.25, 0.3) is 0 Å². The lowest BCUT2D eigenvalue weighted by molar-refractivity contribution is 0.689. The summed E-state index contributed by atoms with van der Waals surface area (Å²) in [7, 11) is 0. The van der Waals surface area contributed by atoms with Crippen LogP contribution in [-0.2, 0) is 0 Å². The highest BCUT2D eigenvalue weighted by Crippen LogP contribution is 2.42. The number of benzene rings is 1. The van der Waals surface area contributed by atoms with Gasteiger partial charge in [-0.3, -0.25) is 0 Å². The smallest absolute Gasteiger partial charge is 0.222 e. The first-order valence-corrected chi connectivity index (χ1v) is 8.33. The van der Waals surface area contributed by atoms with Crippen molar-refractivity contribution >= 4 is 40.2 Å². The number of hydrogen-bond acceptors (Lipinski definition) is 2. The molecule has 0 aliphatic carbocycles. The van der Waals surface area contributed by atoms with Crippen LogP contribution in [0.25, 0.3) is 21.6 Å². The van der Waals surface area contributed by atoms with Crippen molar-refractivity contribution in [2.45, 2.75) is 13.8 Å². The Bertz CT molecular complexity index is 938. The van der Waals surface area contributed by atoms with Crippen molar-refractivity contribution in [3.8, 4) is 11.1 Å². The van der Waals surface area contributed by atoms with Gasteiger partial charge in [0.1, 0.15) is 5.65 Å². The molecule has 3 aromatic rings. The molecule has 122 valence electrons. The summed E-state index contributed by atoms with van der Waals surface area (Å²) in [6.07, 6.45) is 5.46. The Labute approximate surface area is 150 Å². The zero-order valence-corrected chi connectivity index (χ0v) is 14.9. The summed E-state index contributed by atoms with van der Waals surface area (Å²) in [5.41, 5.74) is 3.50. The molecule has 0 spiro atoms. The second-order valence-electron chi connectivity index (χ2n) is 5.94. The van der Waals surface area contributed by atoms with Gasteiger partial charge in [0.15, 0.2) is 0 Å². The molecular formula is C18H16Cl2N4. The zero-order valence-electron chi connectivity index (χ0n) is 13.3. The Balaban J connectivity index is 2.26. The average Bonchev–Trinajstić information content (AvgIpc) is 2.99. The predicted molar refractivity (Wildman–Crippen MR) is 100 cm³/mol. The Kier molecular flexibility index (Phi) is 4.66. The van der Waals surface area contributed by atoms with Crippen molar-refractivity contribution in [1.29, 1.82) is 0 Å². The minimum atomic E-state index is 0.446. The largest absolute Gasteiger partial charge is 0.390 e. The number of halogens is 2. The first-order valence-electron chi connectivity index (χ1n) is 7.57. The highest BCUT2D eigenvalue weighted by atomic mass is 35.5. The van der Waals surface area contributed by atoms with Crippen molar-refractivity contribution < 1.29 is 0 Å². The molecule has 3 rings (SSSR count). The quantitative estimate of drug-likeness (QED) is 0.586. The fourth-order valence-corrected chi connectivity index (χ4v) is 3.05. The van der Waals surface area contributed by atoms with Gasteiger partial charge in [-0.2, -0.15) is 0 Å². The Hall–Kier alpha value is -2.22. The maximum atomic E-state index is 7.68. The first kappa shape index (κ1) is 16.6. The zero-order chi connectivity index (χ0) is 17.3.